The minimum Gasteiger partial charge on any atom is -0.507 e. The van der Waals surface area contributed by atoms with Gasteiger partial charge in [-0.2, -0.15) is 5.10 Å². The molecule has 1 aliphatic rings. The van der Waals surface area contributed by atoms with Crippen molar-refractivity contribution in [3.63, 3.8) is 0 Å². The lowest BCUT2D eigenvalue weighted by atomic mass is 10.0. The molecule has 0 radical (unpaired) electrons. The number of para-hydroxylation sites is 1. The zero-order valence-corrected chi connectivity index (χ0v) is 14.7. The smallest absolute Gasteiger partial charge is 0.154 e. The van der Waals surface area contributed by atoms with Gasteiger partial charge >= 0.3 is 0 Å². The van der Waals surface area contributed by atoms with Crippen molar-refractivity contribution < 1.29 is 5.11 Å². The molecule has 3 heterocycles. The highest BCUT2D eigenvalue weighted by Gasteiger charge is 2.21. The van der Waals surface area contributed by atoms with Gasteiger partial charge in [0.05, 0.1) is 17.9 Å². The Morgan fingerprint density at radius 2 is 1.88 bits per heavy atom. The summed E-state index contributed by atoms with van der Waals surface area (Å²) in [6.45, 7) is 4.08. The van der Waals surface area contributed by atoms with Crippen LogP contribution in [-0.4, -0.2) is 38.2 Å². The summed E-state index contributed by atoms with van der Waals surface area (Å²) in [7, 11) is 0. The highest BCUT2D eigenvalue weighted by atomic mass is 16.3. The summed E-state index contributed by atoms with van der Waals surface area (Å²) < 4.78 is 2.09. The standard InChI is InChI=1S/C19H22N6O/c1-12-16(11-22-25(12)13-6-8-21-9-7-13)15-10-17(23-24-19(15)20)14-4-2-3-5-18(14)26/h2-5,10-11,13,21,26H,6-9H2,1H3,(H2,20,24). The lowest BCUT2D eigenvalue weighted by Gasteiger charge is -2.24. The summed E-state index contributed by atoms with van der Waals surface area (Å²) >= 11 is 0. The van der Waals surface area contributed by atoms with Crippen LogP contribution in [0.15, 0.2) is 36.5 Å². The van der Waals surface area contributed by atoms with E-state index in [2.05, 4.69) is 32.2 Å². The lowest BCUT2D eigenvalue weighted by Crippen LogP contribution is -2.30. The van der Waals surface area contributed by atoms with Crippen molar-refractivity contribution in [2.45, 2.75) is 25.8 Å². The average Bonchev–Trinajstić information content (AvgIpc) is 3.05. The van der Waals surface area contributed by atoms with Crippen LogP contribution in [0.2, 0.25) is 0 Å². The van der Waals surface area contributed by atoms with E-state index >= 15 is 0 Å². The Labute approximate surface area is 151 Å². The van der Waals surface area contributed by atoms with Crippen LogP contribution in [0.4, 0.5) is 5.82 Å². The number of nitrogens with one attached hydrogen (secondary N) is 1. The van der Waals surface area contributed by atoms with E-state index in [9.17, 15) is 5.11 Å². The first-order chi connectivity index (χ1) is 12.6. The quantitative estimate of drug-likeness (QED) is 0.671. The molecule has 0 spiro atoms. The first-order valence-electron chi connectivity index (χ1n) is 8.82. The third kappa shape index (κ3) is 2.90. The summed E-state index contributed by atoms with van der Waals surface area (Å²) in [6.07, 6.45) is 3.98. The summed E-state index contributed by atoms with van der Waals surface area (Å²) in [6, 6.07) is 9.34. The Balaban J connectivity index is 1.75. The lowest BCUT2D eigenvalue weighted by molar-refractivity contribution is 0.338. The normalized spacial score (nSPS) is 15.3. The largest absolute Gasteiger partial charge is 0.507 e. The second-order valence-corrected chi connectivity index (χ2v) is 6.62. The van der Waals surface area contributed by atoms with Crippen molar-refractivity contribution in [2.75, 3.05) is 18.8 Å². The molecule has 7 nitrogen and oxygen atoms in total. The predicted molar refractivity (Wildman–Crippen MR) is 101 cm³/mol. The molecule has 134 valence electrons. The minimum atomic E-state index is 0.166. The van der Waals surface area contributed by atoms with E-state index in [1.165, 1.54) is 0 Å². The zero-order chi connectivity index (χ0) is 18.1. The Bertz CT molecular complexity index is 930. The molecule has 4 rings (SSSR count). The Morgan fingerprint density at radius 3 is 2.65 bits per heavy atom. The summed E-state index contributed by atoms with van der Waals surface area (Å²) in [5.41, 5.74) is 10.1. The van der Waals surface area contributed by atoms with Crippen LogP contribution < -0.4 is 11.1 Å². The second-order valence-electron chi connectivity index (χ2n) is 6.62. The zero-order valence-electron chi connectivity index (χ0n) is 14.7. The number of nitrogens with two attached hydrogens (primary N) is 1. The van der Waals surface area contributed by atoms with Gasteiger partial charge in [0.1, 0.15) is 5.75 Å². The molecule has 7 heteroatoms. The summed E-state index contributed by atoms with van der Waals surface area (Å²) in [5.74, 6) is 0.525. The minimum absolute atomic E-state index is 0.166. The molecule has 1 aromatic carbocycles. The molecular weight excluding hydrogens is 328 g/mol. The van der Waals surface area contributed by atoms with Crippen molar-refractivity contribution in [3.8, 4) is 28.1 Å². The van der Waals surface area contributed by atoms with Gasteiger partial charge in [0.15, 0.2) is 5.82 Å². The number of phenolic OH excluding ortho intramolecular Hbond substituents is 1. The van der Waals surface area contributed by atoms with Crippen molar-refractivity contribution in [1.29, 1.82) is 0 Å². The molecule has 1 aliphatic heterocycles. The van der Waals surface area contributed by atoms with Crippen LogP contribution in [0.3, 0.4) is 0 Å². The van der Waals surface area contributed by atoms with Crippen LogP contribution in [-0.2, 0) is 0 Å². The molecule has 0 atom stereocenters. The van der Waals surface area contributed by atoms with Gasteiger partial charge in [-0.15, -0.1) is 10.2 Å². The molecule has 0 saturated carbocycles. The van der Waals surface area contributed by atoms with Gasteiger partial charge in [0.2, 0.25) is 0 Å². The van der Waals surface area contributed by atoms with Crippen LogP contribution in [0.25, 0.3) is 22.4 Å². The van der Waals surface area contributed by atoms with Crippen molar-refractivity contribution in [2.24, 2.45) is 0 Å². The number of benzene rings is 1. The van der Waals surface area contributed by atoms with E-state index in [1.54, 1.807) is 12.1 Å². The SMILES string of the molecule is Cc1c(-c2cc(-c3ccccc3O)nnc2N)cnn1C1CCNCC1. The van der Waals surface area contributed by atoms with Crippen LogP contribution in [0.1, 0.15) is 24.6 Å². The topological polar surface area (TPSA) is 102 Å². The second kappa shape index (κ2) is 6.76. The molecule has 4 N–H and O–H groups in total. The predicted octanol–water partition coefficient (Wildman–Crippen LogP) is 2.53. The van der Waals surface area contributed by atoms with Crippen molar-refractivity contribution in [3.05, 3.63) is 42.2 Å². The maximum atomic E-state index is 10.1. The molecule has 0 unspecified atom stereocenters. The first-order valence-corrected chi connectivity index (χ1v) is 8.82. The molecule has 0 amide bonds. The molecule has 3 aromatic rings. The number of phenols is 1. The van der Waals surface area contributed by atoms with E-state index in [1.807, 2.05) is 24.4 Å². The average molecular weight is 350 g/mol. The number of piperidine rings is 1. The Kier molecular flexibility index (Phi) is 4.30. The third-order valence-corrected chi connectivity index (χ3v) is 4.99. The number of aromatic hydroxyl groups is 1. The van der Waals surface area contributed by atoms with E-state index in [0.29, 0.717) is 23.1 Å². The Morgan fingerprint density at radius 1 is 1.12 bits per heavy atom. The van der Waals surface area contributed by atoms with Gasteiger partial charge in [0, 0.05) is 22.4 Å². The number of aromatic nitrogens is 4. The van der Waals surface area contributed by atoms with Gasteiger partial charge in [-0.05, 0) is 51.1 Å². The number of rotatable bonds is 3. The number of hydrogen-bond donors (Lipinski definition) is 3. The van der Waals surface area contributed by atoms with Crippen molar-refractivity contribution >= 4 is 5.82 Å². The number of hydrogen-bond acceptors (Lipinski definition) is 6. The van der Waals surface area contributed by atoms with Gasteiger partial charge in [-0.25, -0.2) is 0 Å². The Hall–Kier alpha value is -2.93. The van der Waals surface area contributed by atoms with E-state index in [-0.39, 0.29) is 5.75 Å². The van der Waals surface area contributed by atoms with Crippen LogP contribution in [0, 0.1) is 6.92 Å². The number of nitrogen functional groups attached to an aromatic ring is 1. The molecule has 1 saturated heterocycles. The fraction of sp³-hybridized carbons (Fsp3) is 0.316. The van der Waals surface area contributed by atoms with E-state index in [4.69, 9.17) is 5.73 Å². The van der Waals surface area contributed by atoms with Crippen molar-refractivity contribution in [1.82, 2.24) is 25.3 Å². The highest BCUT2D eigenvalue weighted by Crippen LogP contribution is 2.34. The highest BCUT2D eigenvalue weighted by molar-refractivity contribution is 5.79. The van der Waals surface area contributed by atoms with Crippen LogP contribution in [0.5, 0.6) is 5.75 Å². The maximum Gasteiger partial charge on any atom is 0.154 e. The molecular formula is C19H22N6O. The third-order valence-electron chi connectivity index (χ3n) is 4.99. The summed E-state index contributed by atoms with van der Waals surface area (Å²) in [4.78, 5) is 0. The first kappa shape index (κ1) is 16.5. The van der Waals surface area contributed by atoms with E-state index in [0.717, 1.165) is 42.8 Å². The van der Waals surface area contributed by atoms with Gasteiger partial charge in [-0.3, -0.25) is 4.68 Å². The van der Waals surface area contributed by atoms with Crippen LogP contribution >= 0.6 is 0 Å². The molecule has 26 heavy (non-hydrogen) atoms. The fourth-order valence-electron chi connectivity index (χ4n) is 3.55. The molecule has 0 bridgehead atoms. The molecule has 2 aromatic heterocycles. The van der Waals surface area contributed by atoms with E-state index < -0.39 is 0 Å². The maximum absolute atomic E-state index is 10.1. The van der Waals surface area contributed by atoms with Gasteiger partial charge < -0.3 is 16.2 Å². The molecule has 0 aliphatic carbocycles. The van der Waals surface area contributed by atoms with Gasteiger partial charge in [0.25, 0.3) is 0 Å². The summed E-state index contributed by atoms with van der Waals surface area (Å²) in [5, 5.41) is 26.4. The fourth-order valence-corrected chi connectivity index (χ4v) is 3.55. The number of anilines is 1. The number of nitrogens with zero attached hydrogens (tertiary/aromatic N) is 4. The molecule has 1 fully saturated rings. The van der Waals surface area contributed by atoms with Gasteiger partial charge in [-0.1, -0.05) is 12.1 Å². The monoisotopic (exact) mass is 350 g/mol.